The van der Waals surface area contributed by atoms with E-state index in [1.54, 1.807) is 12.1 Å². The summed E-state index contributed by atoms with van der Waals surface area (Å²) >= 11 is 0. The molecule has 0 saturated heterocycles. The third-order valence-electron chi connectivity index (χ3n) is 3.64. The van der Waals surface area contributed by atoms with Gasteiger partial charge in [-0.15, -0.1) is 0 Å². The maximum absolute atomic E-state index is 12.8. The molecule has 2 rings (SSSR count). The van der Waals surface area contributed by atoms with Gasteiger partial charge in [0.2, 0.25) is 0 Å². The van der Waals surface area contributed by atoms with Crippen molar-refractivity contribution < 1.29 is 9.18 Å². The Hall–Kier alpha value is -2.36. The standard InChI is InChI=1S/C19H23FN2O/c1-19(2,3)16-8-4-14(5-9-16)12-21-18(23)22-13-15-6-10-17(20)11-7-15/h4-11H,12-13H2,1-3H3,(H2,21,22,23). The number of halogens is 1. The Bertz CT molecular complexity index is 643. The molecule has 2 aromatic rings. The van der Waals surface area contributed by atoms with E-state index < -0.39 is 0 Å². The normalized spacial score (nSPS) is 11.1. The number of urea groups is 1. The average molecular weight is 314 g/mol. The Kier molecular flexibility index (Phi) is 5.37. The smallest absolute Gasteiger partial charge is 0.315 e. The van der Waals surface area contributed by atoms with Crippen LogP contribution in [0.15, 0.2) is 48.5 Å². The van der Waals surface area contributed by atoms with Crippen LogP contribution in [0.4, 0.5) is 9.18 Å². The van der Waals surface area contributed by atoms with Gasteiger partial charge in [-0.3, -0.25) is 0 Å². The van der Waals surface area contributed by atoms with Crippen LogP contribution >= 0.6 is 0 Å². The monoisotopic (exact) mass is 314 g/mol. The molecule has 0 unspecified atom stereocenters. The van der Waals surface area contributed by atoms with Crippen LogP contribution in [0.5, 0.6) is 0 Å². The number of amides is 2. The topological polar surface area (TPSA) is 41.1 Å². The molecule has 4 heteroatoms. The van der Waals surface area contributed by atoms with Crippen LogP contribution in [-0.2, 0) is 18.5 Å². The van der Waals surface area contributed by atoms with Gasteiger partial charge in [0.05, 0.1) is 0 Å². The van der Waals surface area contributed by atoms with Crippen molar-refractivity contribution in [3.05, 3.63) is 71.0 Å². The lowest BCUT2D eigenvalue weighted by molar-refractivity contribution is 0.240. The van der Waals surface area contributed by atoms with Gasteiger partial charge >= 0.3 is 6.03 Å². The van der Waals surface area contributed by atoms with Gasteiger partial charge in [0.15, 0.2) is 0 Å². The van der Waals surface area contributed by atoms with Crippen molar-refractivity contribution in [3.8, 4) is 0 Å². The minimum atomic E-state index is -0.281. The summed E-state index contributed by atoms with van der Waals surface area (Å²) < 4.78 is 12.8. The number of carbonyl (C=O) groups excluding carboxylic acids is 1. The second-order valence-electron chi connectivity index (χ2n) is 6.61. The van der Waals surface area contributed by atoms with E-state index in [1.165, 1.54) is 17.7 Å². The molecule has 0 radical (unpaired) electrons. The number of carbonyl (C=O) groups is 1. The number of nitrogens with one attached hydrogen (secondary N) is 2. The van der Waals surface area contributed by atoms with Gasteiger partial charge in [-0.05, 0) is 34.2 Å². The van der Waals surface area contributed by atoms with E-state index in [0.717, 1.165) is 11.1 Å². The molecule has 0 fully saturated rings. The van der Waals surface area contributed by atoms with Gasteiger partial charge in [0.25, 0.3) is 0 Å². The zero-order valence-corrected chi connectivity index (χ0v) is 13.8. The van der Waals surface area contributed by atoms with E-state index in [1.807, 2.05) is 12.1 Å². The zero-order valence-electron chi connectivity index (χ0n) is 13.8. The van der Waals surface area contributed by atoms with Crippen molar-refractivity contribution in [2.75, 3.05) is 0 Å². The first-order valence-electron chi connectivity index (χ1n) is 7.70. The van der Waals surface area contributed by atoms with Crippen LogP contribution in [0, 0.1) is 5.82 Å². The maximum Gasteiger partial charge on any atom is 0.315 e. The Morgan fingerprint density at radius 1 is 0.870 bits per heavy atom. The summed E-state index contributed by atoms with van der Waals surface area (Å²) in [5.41, 5.74) is 3.30. The summed E-state index contributed by atoms with van der Waals surface area (Å²) in [6.07, 6.45) is 0. The van der Waals surface area contributed by atoms with Crippen molar-refractivity contribution >= 4 is 6.03 Å². The number of hydrogen-bond donors (Lipinski definition) is 2. The Labute approximate surface area is 136 Å². The lowest BCUT2D eigenvalue weighted by atomic mass is 9.87. The minimum Gasteiger partial charge on any atom is -0.334 e. The molecule has 0 aliphatic carbocycles. The molecule has 0 aliphatic heterocycles. The van der Waals surface area contributed by atoms with E-state index in [2.05, 4.69) is 43.5 Å². The van der Waals surface area contributed by atoms with Crippen LogP contribution in [-0.4, -0.2) is 6.03 Å². The summed E-state index contributed by atoms with van der Waals surface area (Å²) in [5, 5.41) is 5.57. The quantitative estimate of drug-likeness (QED) is 0.875. The second kappa shape index (κ2) is 7.27. The first kappa shape index (κ1) is 17.0. The molecule has 3 nitrogen and oxygen atoms in total. The number of hydrogen-bond acceptors (Lipinski definition) is 1. The molecule has 2 amide bonds. The van der Waals surface area contributed by atoms with Crippen molar-refractivity contribution in [1.82, 2.24) is 10.6 Å². The molecule has 0 spiro atoms. The van der Waals surface area contributed by atoms with Gasteiger partial charge in [-0.2, -0.15) is 0 Å². The van der Waals surface area contributed by atoms with E-state index in [-0.39, 0.29) is 17.3 Å². The van der Waals surface area contributed by atoms with Crippen molar-refractivity contribution in [2.45, 2.75) is 39.3 Å². The Morgan fingerprint density at radius 3 is 1.74 bits per heavy atom. The number of benzene rings is 2. The predicted molar refractivity (Wildman–Crippen MR) is 90.6 cm³/mol. The fourth-order valence-electron chi connectivity index (χ4n) is 2.15. The summed E-state index contributed by atoms with van der Waals surface area (Å²) in [5.74, 6) is -0.281. The average Bonchev–Trinajstić information content (AvgIpc) is 2.52. The van der Waals surface area contributed by atoms with Crippen LogP contribution in [0.25, 0.3) is 0 Å². The Morgan fingerprint density at radius 2 is 1.30 bits per heavy atom. The molecule has 23 heavy (non-hydrogen) atoms. The highest BCUT2D eigenvalue weighted by atomic mass is 19.1. The highest BCUT2D eigenvalue weighted by molar-refractivity contribution is 5.73. The van der Waals surface area contributed by atoms with Crippen LogP contribution in [0.3, 0.4) is 0 Å². The van der Waals surface area contributed by atoms with Gasteiger partial charge in [-0.1, -0.05) is 57.2 Å². The molecule has 0 atom stereocenters. The fourth-order valence-corrected chi connectivity index (χ4v) is 2.15. The lowest BCUT2D eigenvalue weighted by Gasteiger charge is -2.19. The molecule has 2 N–H and O–H groups in total. The molecule has 0 aromatic heterocycles. The summed E-state index contributed by atoms with van der Waals surface area (Å²) in [6, 6.07) is 14.1. The molecular formula is C19H23FN2O. The van der Waals surface area contributed by atoms with E-state index in [9.17, 15) is 9.18 Å². The maximum atomic E-state index is 12.8. The molecule has 0 saturated carbocycles. The van der Waals surface area contributed by atoms with Crippen molar-refractivity contribution in [3.63, 3.8) is 0 Å². The third kappa shape index (κ3) is 5.40. The molecule has 2 aromatic carbocycles. The summed E-state index contributed by atoms with van der Waals surface area (Å²) in [7, 11) is 0. The van der Waals surface area contributed by atoms with Crippen molar-refractivity contribution in [1.29, 1.82) is 0 Å². The fraction of sp³-hybridized carbons (Fsp3) is 0.316. The predicted octanol–water partition coefficient (Wildman–Crippen LogP) is 4.12. The van der Waals surface area contributed by atoms with Gasteiger partial charge < -0.3 is 10.6 Å². The molecular weight excluding hydrogens is 291 g/mol. The van der Waals surface area contributed by atoms with E-state index in [0.29, 0.717) is 13.1 Å². The Balaban J connectivity index is 1.79. The zero-order chi connectivity index (χ0) is 16.9. The highest BCUT2D eigenvalue weighted by Crippen LogP contribution is 2.22. The molecule has 0 bridgehead atoms. The lowest BCUT2D eigenvalue weighted by Crippen LogP contribution is -2.34. The van der Waals surface area contributed by atoms with E-state index >= 15 is 0 Å². The SMILES string of the molecule is CC(C)(C)c1ccc(CNC(=O)NCc2ccc(F)cc2)cc1. The summed E-state index contributed by atoms with van der Waals surface area (Å²) in [4.78, 5) is 11.8. The largest absolute Gasteiger partial charge is 0.334 e. The van der Waals surface area contributed by atoms with Crippen molar-refractivity contribution in [2.24, 2.45) is 0 Å². The third-order valence-corrected chi connectivity index (χ3v) is 3.64. The summed E-state index contributed by atoms with van der Waals surface area (Å²) in [6.45, 7) is 7.35. The highest BCUT2D eigenvalue weighted by Gasteiger charge is 2.12. The molecule has 0 heterocycles. The van der Waals surface area contributed by atoms with Crippen LogP contribution in [0.2, 0.25) is 0 Å². The first-order chi connectivity index (χ1) is 10.8. The first-order valence-corrected chi connectivity index (χ1v) is 7.70. The van der Waals surface area contributed by atoms with Crippen LogP contribution < -0.4 is 10.6 Å². The van der Waals surface area contributed by atoms with Gasteiger partial charge in [-0.25, -0.2) is 9.18 Å². The van der Waals surface area contributed by atoms with Crippen LogP contribution in [0.1, 0.15) is 37.5 Å². The molecule has 122 valence electrons. The number of rotatable bonds is 4. The minimum absolute atomic E-state index is 0.124. The van der Waals surface area contributed by atoms with Gasteiger partial charge in [0, 0.05) is 13.1 Å². The van der Waals surface area contributed by atoms with Gasteiger partial charge in [0.1, 0.15) is 5.82 Å². The molecule has 0 aliphatic rings. The van der Waals surface area contributed by atoms with E-state index in [4.69, 9.17) is 0 Å². The second-order valence-corrected chi connectivity index (χ2v) is 6.61.